The lowest BCUT2D eigenvalue weighted by Gasteiger charge is -2.25. The van der Waals surface area contributed by atoms with Crippen LogP contribution in [0.2, 0.25) is 0 Å². The Morgan fingerprint density at radius 3 is 3.00 bits per heavy atom. The number of hydrogen-bond acceptors (Lipinski definition) is 6. The zero-order valence-corrected chi connectivity index (χ0v) is 16.6. The number of nitriles is 1. The van der Waals surface area contributed by atoms with Gasteiger partial charge < -0.3 is 9.64 Å². The molecule has 9 heteroatoms. The van der Waals surface area contributed by atoms with Crippen molar-refractivity contribution < 1.29 is 17.9 Å². The fraction of sp³-hybridized carbons (Fsp3) is 0.500. The van der Waals surface area contributed by atoms with Crippen molar-refractivity contribution in [2.45, 2.75) is 37.5 Å². The molecule has 144 valence electrons. The normalized spacial score (nSPS) is 24.6. The van der Waals surface area contributed by atoms with Gasteiger partial charge in [-0.25, -0.2) is 8.42 Å². The van der Waals surface area contributed by atoms with E-state index in [1.807, 2.05) is 29.2 Å². The summed E-state index contributed by atoms with van der Waals surface area (Å²) in [5.41, 5.74) is 0.740. The number of fused-ring (bicyclic) bond motifs is 1. The number of carbonyl (C=O) groups is 1. The van der Waals surface area contributed by atoms with Crippen molar-refractivity contribution in [2.24, 2.45) is 4.99 Å². The Morgan fingerprint density at radius 2 is 2.26 bits per heavy atom. The molecule has 0 aromatic heterocycles. The summed E-state index contributed by atoms with van der Waals surface area (Å²) in [6.07, 6.45) is 1.68. The average molecular weight is 408 g/mol. The van der Waals surface area contributed by atoms with Crippen molar-refractivity contribution in [2.75, 3.05) is 23.0 Å². The topological polar surface area (TPSA) is 99.8 Å². The van der Waals surface area contributed by atoms with E-state index in [9.17, 15) is 13.2 Å². The van der Waals surface area contributed by atoms with Crippen LogP contribution in [-0.2, 0) is 14.6 Å². The van der Waals surface area contributed by atoms with Gasteiger partial charge in [-0.15, -0.1) is 0 Å². The number of thioether (sulfide) groups is 1. The van der Waals surface area contributed by atoms with Crippen LogP contribution < -0.4 is 9.64 Å². The van der Waals surface area contributed by atoms with Crippen LogP contribution in [0.15, 0.2) is 29.3 Å². The summed E-state index contributed by atoms with van der Waals surface area (Å²) in [6, 6.07) is 8.90. The van der Waals surface area contributed by atoms with Crippen LogP contribution in [0.3, 0.4) is 0 Å². The van der Waals surface area contributed by atoms with E-state index in [1.165, 1.54) is 11.8 Å². The summed E-state index contributed by atoms with van der Waals surface area (Å²) in [5.74, 6) is 0.259. The number of amidine groups is 1. The number of hydrogen-bond donors (Lipinski definition) is 0. The van der Waals surface area contributed by atoms with Crippen molar-refractivity contribution in [3.8, 4) is 11.8 Å². The van der Waals surface area contributed by atoms with E-state index >= 15 is 0 Å². The molecule has 1 aromatic rings. The van der Waals surface area contributed by atoms with Crippen LogP contribution in [0.1, 0.15) is 26.2 Å². The number of benzene rings is 1. The van der Waals surface area contributed by atoms with Crippen LogP contribution in [0.4, 0.5) is 5.69 Å². The minimum atomic E-state index is -3.12. The Kier molecular flexibility index (Phi) is 6.07. The Labute approximate surface area is 163 Å². The first-order valence-electron chi connectivity index (χ1n) is 8.81. The van der Waals surface area contributed by atoms with Gasteiger partial charge in [0.1, 0.15) is 12.2 Å². The number of ether oxygens (including phenoxy) is 1. The quantitative estimate of drug-likeness (QED) is 0.668. The Morgan fingerprint density at radius 1 is 1.44 bits per heavy atom. The first-order chi connectivity index (χ1) is 12.9. The van der Waals surface area contributed by atoms with Gasteiger partial charge in [-0.2, -0.15) is 10.3 Å². The molecule has 1 amide bonds. The third kappa shape index (κ3) is 4.62. The van der Waals surface area contributed by atoms with Gasteiger partial charge in [0.2, 0.25) is 0 Å². The Balaban J connectivity index is 1.91. The van der Waals surface area contributed by atoms with E-state index < -0.39 is 15.7 Å². The average Bonchev–Trinajstić information content (AvgIpc) is 3.06. The Hall–Kier alpha value is -2.05. The predicted molar refractivity (Wildman–Crippen MR) is 106 cm³/mol. The predicted octanol–water partition coefficient (Wildman–Crippen LogP) is 2.38. The van der Waals surface area contributed by atoms with Crippen LogP contribution >= 0.6 is 11.8 Å². The molecule has 1 aromatic carbocycles. The van der Waals surface area contributed by atoms with Gasteiger partial charge in [0.25, 0.3) is 5.91 Å². The second kappa shape index (κ2) is 8.31. The van der Waals surface area contributed by atoms with E-state index in [0.29, 0.717) is 17.5 Å². The zero-order chi connectivity index (χ0) is 19.4. The van der Waals surface area contributed by atoms with Gasteiger partial charge >= 0.3 is 0 Å². The molecule has 2 atom stereocenters. The summed E-state index contributed by atoms with van der Waals surface area (Å²) in [7, 11) is -3.12. The van der Waals surface area contributed by atoms with Gasteiger partial charge in [0.05, 0.1) is 30.2 Å². The third-order valence-electron chi connectivity index (χ3n) is 4.38. The number of unbranched alkanes of at least 4 members (excludes halogenated alkanes) is 1. The molecule has 2 aliphatic heterocycles. The molecule has 0 radical (unpaired) electrons. The molecule has 7 nitrogen and oxygen atoms in total. The monoisotopic (exact) mass is 407 g/mol. The molecule has 0 unspecified atom stereocenters. The van der Waals surface area contributed by atoms with Gasteiger partial charge in [0.15, 0.2) is 15.0 Å². The molecule has 2 aliphatic rings. The van der Waals surface area contributed by atoms with Crippen LogP contribution in [0, 0.1) is 11.3 Å². The van der Waals surface area contributed by atoms with Crippen molar-refractivity contribution in [1.82, 2.24) is 0 Å². The lowest BCUT2D eigenvalue weighted by atomic mass is 10.2. The van der Waals surface area contributed by atoms with Crippen molar-refractivity contribution in [3.05, 3.63) is 24.3 Å². The van der Waals surface area contributed by atoms with Crippen molar-refractivity contribution in [3.63, 3.8) is 0 Å². The fourth-order valence-corrected chi connectivity index (χ4v) is 7.07. The number of aliphatic imine (C=N–C) groups is 1. The molecular weight excluding hydrogens is 386 g/mol. The highest BCUT2D eigenvalue weighted by atomic mass is 32.2. The number of nitrogens with zero attached hydrogens (tertiary/aromatic N) is 3. The third-order valence-corrected chi connectivity index (χ3v) is 7.59. The molecule has 0 aliphatic carbocycles. The molecule has 27 heavy (non-hydrogen) atoms. The zero-order valence-electron chi connectivity index (χ0n) is 15.0. The number of sulfone groups is 1. The summed E-state index contributed by atoms with van der Waals surface area (Å²) in [5, 5.41) is 8.98. The van der Waals surface area contributed by atoms with E-state index in [1.54, 1.807) is 6.07 Å². The summed E-state index contributed by atoms with van der Waals surface area (Å²) in [4.78, 5) is 17.7. The summed E-state index contributed by atoms with van der Waals surface area (Å²) in [6.45, 7) is 2.69. The maximum Gasteiger partial charge on any atom is 0.262 e. The standard InChI is InChI=1S/C18H21N3O4S2/c1-2-3-9-25-14-6-4-5-13(10-14)21-15-11-27(23,24)12-16(15)26-18(21)20-17(22)7-8-19/h4-6,10,15-16H,2-3,7,9,11-12H2,1H3/t15-,16+/m0/s1. The number of rotatable bonds is 6. The smallest absolute Gasteiger partial charge is 0.262 e. The lowest BCUT2D eigenvalue weighted by Crippen LogP contribution is -2.37. The van der Waals surface area contributed by atoms with Gasteiger partial charge in [-0.05, 0) is 18.6 Å². The van der Waals surface area contributed by atoms with Crippen LogP contribution in [0.5, 0.6) is 5.75 Å². The highest BCUT2D eigenvalue weighted by Crippen LogP contribution is 2.41. The van der Waals surface area contributed by atoms with Gasteiger partial charge in [0, 0.05) is 17.0 Å². The van der Waals surface area contributed by atoms with E-state index in [0.717, 1.165) is 18.5 Å². The minimum absolute atomic E-state index is 0.0248. The van der Waals surface area contributed by atoms with Crippen molar-refractivity contribution in [1.29, 1.82) is 5.26 Å². The first kappa shape index (κ1) is 19.7. The summed E-state index contributed by atoms with van der Waals surface area (Å²) < 4.78 is 29.9. The maximum atomic E-state index is 12.1. The molecule has 0 bridgehead atoms. The molecule has 0 spiro atoms. The number of anilines is 1. The largest absolute Gasteiger partial charge is 0.494 e. The van der Waals surface area contributed by atoms with Gasteiger partial charge in [-0.3, -0.25) is 4.79 Å². The SMILES string of the molecule is CCCCOc1cccc(N2C(=NC(=O)CC#N)S[C@@H]3CS(=O)(=O)C[C@@H]32)c1. The number of carbonyl (C=O) groups excluding carboxylic acids is 1. The molecule has 2 heterocycles. The van der Waals surface area contributed by atoms with E-state index in [4.69, 9.17) is 10.00 Å². The molecule has 2 saturated heterocycles. The van der Waals surface area contributed by atoms with E-state index in [-0.39, 0.29) is 29.2 Å². The first-order valence-corrected chi connectivity index (χ1v) is 11.5. The molecular formula is C18H21N3O4S2. The molecule has 2 fully saturated rings. The lowest BCUT2D eigenvalue weighted by molar-refractivity contribution is -0.116. The maximum absolute atomic E-state index is 12.1. The van der Waals surface area contributed by atoms with E-state index in [2.05, 4.69) is 11.9 Å². The Bertz CT molecular complexity index is 892. The highest BCUT2D eigenvalue weighted by Gasteiger charge is 2.49. The molecule has 0 N–H and O–H groups in total. The van der Waals surface area contributed by atoms with Gasteiger partial charge in [-0.1, -0.05) is 31.2 Å². The minimum Gasteiger partial charge on any atom is -0.494 e. The molecule has 3 rings (SSSR count). The second-order valence-corrected chi connectivity index (χ2v) is 9.85. The van der Waals surface area contributed by atoms with Crippen molar-refractivity contribution >= 4 is 38.4 Å². The number of amides is 1. The van der Waals surface area contributed by atoms with Crippen LogP contribution in [-0.4, -0.2) is 48.9 Å². The highest BCUT2D eigenvalue weighted by molar-refractivity contribution is 8.16. The second-order valence-electron chi connectivity index (χ2n) is 6.49. The summed E-state index contributed by atoms with van der Waals surface area (Å²) >= 11 is 1.29. The van der Waals surface area contributed by atoms with Crippen LogP contribution in [0.25, 0.3) is 0 Å². The molecule has 0 saturated carbocycles. The fourth-order valence-electron chi connectivity index (χ4n) is 3.14.